The van der Waals surface area contributed by atoms with Gasteiger partial charge in [0.15, 0.2) is 0 Å². The number of aliphatic hydroxyl groups is 1. The molecule has 5 nitrogen and oxygen atoms in total. The molecule has 114 valence electrons. The van der Waals surface area contributed by atoms with Crippen LogP contribution in [-0.2, 0) is 4.79 Å². The fourth-order valence-electron chi connectivity index (χ4n) is 2.68. The zero-order valence-electron chi connectivity index (χ0n) is 11.7. The second-order valence-corrected chi connectivity index (χ2v) is 5.57. The third-order valence-corrected chi connectivity index (χ3v) is 3.79. The lowest BCUT2D eigenvalue weighted by atomic mass is 9.82. The quantitative estimate of drug-likeness (QED) is 0.792. The summed E-state index contributed by atoms with van der Waals surface area (Å²) in [5, 5.41) is 12.9. The van der Waals surface area contributed by atoms with Crippen LogP contribution in [0.4, 0.5) is 10.1 Å². The zero-order chi connectivity index (χ0) is 15.5. The van der Waals surface area contributed by atoms with Crippen molar-refractivity contribution in [1.29, 1.82) is 0 Å². The molecule has 1 fully saturated rings. The Morgan fingerprint density at radius 2 is 1.95 bits per heavy atom. The van der Waals surface area contributed by atoms with Crippen LogP contribution in [0.25, 0.3) is 0 Å². The number of primary amides is 1. The van der Waals surface area contributed by atoms with E-state index in [0.717, 1.165) is 25.3 Å². The van der Waals surface area contributed by atoms with Gasteiger partial charge < -0.3 is 16.2 Å². The topological polar surface area (TPSA) is 92.4 Å². The number of rotatable bonds is 4. The van der Waals surface area contributed by atoms with Crippen LogP contribution >= 0.6 is 0 Å². The van der Waals surface area contributed by atoms with Gasteiger partial charge in [0, 0.05) is 5.69 Å². The first-order chi connectivity index (χ1) is 9.89. The Morgan fingerprint density at radius 1 is 1.29 bits per heavy atom. The molecule has 1 aliphatic carbocycles. The van der Waals surface area contributed by atoms with Gasteiger partial charge in [-0.05, 0) is 31.0 Å². The molecule has 0 bridgehead atoms. The molecular weight excluding hydrogens is 275 g/mol. The molecule has 0 atom stereocenters. The Bertz CT molecular complexity index is 554. The van der Waals surface area contributed by atoms with Gasteiger partial charge in [-0.3, -0.25) is 9.59 Å². The summed E-state index contributed by atoms with van der Waals surface area (Å²) in [6.45, 7) is 0. The highest BCUT2D eigenvalue weighted by Crippen LogP contribution is 2.31. The fourth-order valence-corrected chi connectivity index (χ4v) is 2.68. The van der Waals surface area contributed by atoms with Crippen LogP contribution in [0.15, 0.2) is 18.2 Å². The smallest absolute Gasteiger partial charge is 0.251 e. The van der Waals surface area contributed by atoms with Crippen LogP contribution in [0, 0.1) is 5.82 Å². The van der Waals surface area contributed by atoms with Crippen LogP contribution in [-0.4, -0.2) is 22.5 Å². The van der Waals surface area contributed by atoms with Crippen molar-refractivity contribution in [2.24, 2.45) is 5.73 Å². The molecule has 0 unspecified atom stereocenters. The van der Waals surface area contributed by atoms with Gasteiger partial charge in [0.1, 0.15) is 5.82 Å². The number of anilines is 1. The van der Waals surface area contributed by atoms with E-state index in [2.05, 4.69) is 5.32 Å². The SMILES string of the molecule is NC(=O)c1cc(NC(=O)CC2(O)CCCCC2)ccc1F. The van der Waals surface area contributed by atoms with Crippen molar-refractivity contribution in [1.82, 2.24) is 0 Å². The lowest BCUT2D eigenvalue weighted by Gasteiger charge is -2.31. The summed E-state index contributed by atoms with van der Waals surface area (Å²) in [6, 6.07) is 3.62. The molecule has 1 aromatic rings. The molecule has 0 heterocycles. The first-order valence-electron chi connectivity index (χ1n) is 7.01. The highest BCUT2D eigenvalue weighted by atomic mass is 19.1. The predicted octanol–water partition coefficient (Wildman–Crippen LogP) is 1.95. The Kier molecular flexibility index (Phi) is 4.57. The third kappa shape index (κ3) is 4.01. The van der Waals surface area contributed by atoms with E-state index >= 15 is 0 Å². The van der Waals surface area contributed by atoms with E-state index in [1.165, 1.54) is 12.1 Å². The number of carbonyl (C=O) groups is 2. The molecule has 4 N–H and O–H groups in total. The monoisotopic (exact) mass is 294 g/mol. The minimum absolute atomic E-state index is 0.00369. The van der Waals surface area contributed by atoms with Crippen molar-refractivity contribution in [3.63, 3.8) is 0 Å². The molecule has 2 amide bonds. The number of halogens is 1. The van der Waals surface area contributed by atoms with Crippen molar-refractivity contribution < 1.29 is 19.1 Å². The molecule has 0 radical (unpaired) electrons. The second-order valence-electron chi connectivity index (χ2n) is 5.57. The van der Waals surface area contributed by atoms with Crippen LogP contribution in [0.3, 0.4) is 0 Å². The molecule has 1 aliphatic rings. The minimum Gasteiger partial charge on any atom is -0.389 e. The number of nitrogens with two attached hydrogens (primary N) is 1. The average molecular weight is 294 g/mol. The summed E-state index contributed by atoms with van der Waals surface area (Å²) in [5.41, 5.74) is 4.10. The highest BCUT2D eigenvalue weighted by Gasteiger charge is 2.31. The molecule has 0 spiro atoms. The van der Waals surface area contributed by atoms with Gasteiger partial charge in [0.2, 0.25) is 5.91 Å². The normalized spacial score (nSPS) is 17.2. The van der Waals surface area contributed by atoms with Gasteiger partial charge in [-0.1, -0.05) is 19.3 Å². The van der Waals surface area contributed by atoms with Crippen molar-refractivity contribution in [3.8, 4) is 0 Å². The van der Waals surface area contributed by atoms with E-state index in [-0.39, 0.29) is 23.6 Å². The molecule has 21 heavy (non-hydrogen) atoms. The van der Waals surface area contributed by atoms with E-state index in [1.54, 1.807) is 0 Å². The molecule has 1 saturated carbocycles. The Balaban J connectivity index is 2.02. The van der Waals surface area contributed by atoms with Gasteiger partial charge in [-0.15, -0.1) is 0 Å². The predicted molar refractivity (Wildman–Crippen MR) is 76.2 cm³/mol. The molecule has 1 aromatic carbocycles. The zero-order valence-corrected chi connectivity index (χ0v) is 11.7. The van der Waals surface area contributed by atoms with Crippen LogP contribution in [0.5, 0.6) is 0 Å². The van der Waals surface area contributed by atoms with Crippen LogP contribution < -0.4 is 11.1 Å². The Morgan fingerprint density at radius 3 is 2.57 bits per heavy atom. The molecule has 0 aromatic heterocycles. The molecule has 2 rings (SSSR count). The second kappa shape index (κ2) is 6.22. The standard InChI is InChI=1S/C15H19FN2O3/c16-12-5-4-10(8-11(12)14(17)20)18-13(19)9-15(21)6-2-1-3-7-15/h4-5,8,21H,1-3,6-7,9H2,(H2,17,20)(H,18,19). The van der Waals surface area contributed by atoms with E-state index < -0.39 is 17.3 Å². The first kappa shape index (κ1) is 15.4. The van der Waals surface area contributed by atoms with Crippen LogP contribution in [0.1, 0.15) is 48.9 Å². The van der Waals surface area contributed by atoms with Crippen molar-refractivity contribution in [2.75, 3.05) is 5.32 Å². The maximum absolute atomic E-state index is 13.3. The number of hydrogen-bond donors (Lipinski definition) is 3. The van der Waals surface area contributed by atoms with Gasteiger partial charge in [-0.2, -0.15) is 0 Å². The summed E-state index contributed by atoms with van der Waals surface area (Å²) >= 11 is 0. The van der Waals surface area contributed by atoms with E-state index in [0.29, 0.717) is 12.8 Å². The average Bonchev–Trinajstić information content (AvgIpc) is 2.40. The van der Waals surface area contributed by atoms with Gasteiger partial charge in [0.05, 0.1) is 17.6 Å². The number of carbonyl (C=O) groups excluding carboxylic acids is 2. The molecule has 0 aliphatic heterocycles. The number of benzene rings is 1. The minimum atomic E-state index is -0.963. The lowest BCUT2D eigenvalue weighted by Crippen LogP contribution is -2.35. The van der Waals surface area contributed by atoms with E-state index in [4.69, 9.17) is 5.73 Å². The summed E-state index contributed by atoms with van der Waals surface area (Å²) < 4.78 is 13.3. The molecule has 6 heteroatoms. The van der Waals surface area contributed by atoms with Crippen LogP contribution in [0.2, 0.25) is 0 Å². The van der Waals surface area contributed by atoms with Crippen molar-refractivity contribution in [2.45, 2.75) is 44.1 Å². The van der Waals surface area contributed by atoms with Crippen molar-refractivity contribution >= 4 is 17.5 Å². The summed E-state index contributed by atoms with van der Waals surface area (Å²) in [6.07, 6.45) is 4.10. The number of nitrogens with one attached hydrogen (secondary N) is 1. The Hall–Kier alpha value is -1.95. The van der Waals surface area contributed by atoms with Crippen molar-refractivity contribution in [3.05, 3.63) is 29.6 Å². The van der Waals surface area contributed by atoms with Gasteiger partial charge in [-0.25, -0.2) is 4.39 Å². The summed E-state index contributed by atoms with van der Waals surface area (Å²) in [5.74, 6) is -1.98. The maximum atomic E-state index is 13.3. The molecule has 0 saturated heterocycles. The number of amides is 2. The molecular formula is C15H19FN2O3. The fraction of sp³-hybridized carbons (Fsp3) is 0.467. The Labute approximate surface area is 122 Å². The summed E-state index contributed by atoms with van der Waals surface area (Å²) in [7, 11) is 0. The largest absolute Gasteiger partial charge is 0.389 e. The lowest BCUT2D eigenvalue weighted by molar-refractivity contribution is -0.122. The van der Waals surface area contributed by atoms with Gasteiger partial charge >= 0.3 is 0 Å². The maximum Gasteiger partial charge on any atom is 0.251 e. The van der Waals surface area contributed by atoms with E-state index in [9.17, 15) is 19.1 Å². The highest BCUT2D eigenvalue weighted by molar-refractivity contribution is 5.96. The number of hydrogen-bond acceptors (Lipinski definition) is 3. The third-order valence-electron chi connectivity index (χ3n) is 3.79. The summed E-state index contributed by atoms with van der Waals surface area (Å²) in [4.78, 5) is 23.0. The van der Waals surface area contributed by atoms with Gasteiger partial charge in [0.25, 0.3) is 5.91 Å². The van der Waals surface area contributed by atoms with E-state index in [1.807, 2.05) is 0 Å². The first-order valence-corrected chi connectivity index (χ1v) is 7.01.